The van der Waals surface area contributed by atoms with E-state index < -0.39 is 0 Å². The van der Waals surface area contributed by atoms with Crippen molar-refractivity contribution in [3.8, 4) is 11.8 Å². The van der Waals surface area contributed by atoms with Gasteiger partial charge in [0.25, 0.3) is 0 Å². The summed E-state index contributed by atoms with van der Waals surface area (Å²) in [6.07, 6.45) is 1.62. The Hall–Kier alpha value is -1.59. The number of halogens is 1. The van der Waals surface area contributed by atoms with E-state index in [9.17, 15) is 4.39 Å². The highest BCUT2D eigenvalue weighted by Crippen LogP contribution is 2.01. The molecular weight excluding hydrogens is 179 g/mol. The molecule has 0 aliphatic carbocycles. The molecule has 0 saturated carbocycles. The molecule has 0 amide bonds. The number of rotatable bonds is 1. The largest absolute Gasteiger partial charge is 0.392 e. The van der Waals surface area contributed by atoms with Crippen LogP contribution in [0, 0.1) is 17.7 Å². The number of aliphatic hydroxyl groups is 1. The van der Waals surface area contributed by atoms with Crippen LogP contribution in [0.1, 0.15) is 12.5 Å². The van der Waals surface area contributed by atoms with Gasteiger partial charge in [0.2, 0.25) is 0 Å². The Kier molecular flexibility index (Phi) is 3.90. The lowest BCUT2D eigenvalue weighted by atomic mass is 10.2. The average molecular weight is 190 g/mol. The molecule has 1 nitrogen and oxygen atoms in total. The highest BCUT2D eigenvalue weighted by atomic mass is 19.1. The third-order valence-electron chi connectivity index (χ3n) is 1.65. The van der Waals surface area contributed by atoms with E-state index in [0.717, 1.165) is 11.1 Å². The van der Waals surface area contributed by atoms with E-state index in [1.165, 1.54) is 12.1 Å². The lowest BCUT2D eigenvalue weighted by Gasteiger charge is -1.89. The number of hydrogen-bond donors (Lipinski definition) is 1. The summed E-state index contributed by atoms with van der Waals surface area (Å²) >= 11 is 0. The molecule has 1 aromatic rings. The van der Waals surface area contributed by atoms with E-state index in [1.807, 2.05) is 6.92 Å². The van der Waals surface area contributed by atoms with Gasteiger partial charge in [-0.15, -0.1) is 0 Å². The van der Waals surface area contributed by atoms with Gasteiger partial charge in [0.15, 0.2) is 0 Å². The molecule has 0 aliphatic rings. The van der Waals surface area contributed by atoms with Crippen LogP contribution in [0.5, 0.6) is 0 Å². The molecule has 1 aromatic carbocycles. The molecule has 0 radical (unpaired) electrons. The number of allylic oxidation sites excluding steroid dienone is 1. The first kappa shape index (κ1) is 10.5. The molecule has 14 heavy (non-hydrogen) atoms. The van der Waals surface area contributed by atoms with E-state index in [4.69, 9.17) is 5.11 Å². The molecule has 1 rings (SSSR count). The minimum absolute atomic E-state index is 0.00999. The van der Waals surface area contributed by atoms with Crippen LogP contribution in [-0.2, 0) is 0 Å². The van der Waals surface area contributed by atoms with E-state index in [1.54, 1.807) is 18.2 Å². The summed E-state index contributed by atoms with van der Waals surface area (Å²) in [5.41, 5.74) is 1.56. The first-order valence-electron chi connectivity index (χ1n) is 4.27. The standard InChI is InChI=1S/C12H11FO/c1-10(8-9-14)2-3-11-4-6-12(13)7-5-11/h4-8,14H,9H2,1H3/b10-8+. The van der Waals surface area contributed by atoms with Crippen LogP contribution >= 0.6 is 0 Å². The minimum atomic E-state index is -0.266. The van der Waals surface area contributed by atoms with E-state index in [0.29, 0.717) is 0 Å². The second-order valence-corrected chi connectivity index (χ2v) is 2.83. The second-order valence-electron chi connectivity index (χ2n) is 2.83. The lowest BCUT2D eigenvalue weighted by molar-refractivity contribution is 0.342. The molecule has 72 valence electrons. The van der Waals surface area contributed by atoms with Gasteiger partial charge in [0.1, 0.15) is 5.82 Å². The van der Waals surface area contributed by atoms with E-state index in [-0.39, 0.29) is 12.4 Å². The average Bonchev–Trinajstić information content (AvgIpc) is 2.17. The van der Waals surface area contributed by atoms with Crippen molar-refractivity contribution in [3.63, 3.8) is 0 Å². The molecule has 0 spiro atoms. The Morgan fingerprint density at radius 1 is 1.43 bits per heavy atom. The maximum atomic E-state index is 12.5. The van der Waals surface area contributed by atoms with Crippen molar-refractivity contribution in [1.82, 2.24) is 0 Å². The molecule has 0 heterocycles. The van der Waals surface area contributed by atoms with Crippen molar-refractivity contribution in [2.75, 3.05) is 6.61 Å². The highest BCUT2D eigenvalue weighted by molar-refractivity contribution is 5.39. The zero-order valence-corrected chi connectivity index (χ0v) is 7.92. The Labute approximate surface area is 82.9 Å². The zero-order valence-electron chi connectivity index (χ0n) is 7.92. The summed E-state index contributed by atoms with van der Waals surface area (Å²) in [5, 5.41) is 8.58. The summed E-state index contributed by atoms with van der Waals surface area (Å²) in [6, 6.07) is 5.98. The van der Waals surface area contributed by atoms with Crippen LogP contribution in [-0.4, -0.2) is 11.7 Å². The number of benzene rings is 1. The quantitative estimate of drug-likeness (QED) is 0.672. The molecule has 1 N–H and O–H groups in total. The maximum absolute atomic E-state index is 12.5. The van der Waals surface area contributed by atoms with Gasteiger partial charge in [-0.3, -0.25) is 0 Å². The molecular formula is C12H11FO. The van der Waals surface area contributed by atoms with Crippen LogP contribution < -0.4 is 0 Å². The molecule has 0 aliphatic heterocycles. The van der Waals surface area contributed by atoms with Crippen molar-refractivity contribution in [3.05, 3.63) is 47.3 Å². The van der Waals surface area contributed by atoms with Gasteiger partial charge in [-0.2, -0.15) is 0 Å². The van der Waals surface area contributed by atoms with Crippen molar-refractivity contribution in [2.24, 2.45) is 0 Å². The molecule has 0 unspecified atom stereocenters. The van der Waals surface area contributed by atoms with Crippen LogP contribution in [0.3, 0.4) is 0 Å². The fraction of sp³-hybridized carbons (Fsp3) is 0.167. The van der Waals surface area contributed by atoms with E-state index in [2.05, 4.69) is 11.8 Å². The number of hydrogen-bond acceptors (Lipinski definition) is 1. The fourth-order valence-electron chi connectivity index (χ4n) is 0.892. The van der Waals surface area contributed by atoms with Gasteiger partial charge < -0.3 is 5.11 Å². The van der Waals surface area contributed by atoms with Crippen LogP contribution in [0.4, 0.5) is 4.39 Å². The Morgan fingerprint density at radius 2 is 2.07 bits per heavy atom. The second kappa shape index (κ2) is 5.21. The van der Waals surface area contributed by atoms with Crippen LogP contribution in [0.15, 0.2) is 35.9 Å². The van der Waals surface area contributed by atoms with Crippen LogP contribution in [0.2, 0.25) is 0 Å². The third-order valence-corrected chi connectivity index (χ3v) is 1.65. The summed E-state index contributed by atoms with van der Waals surface area (Å²) in [5.74, 6) is 5.44. The first-order chi connectivity index (χ1) is 6.72. The molecule has 0 aromatic heterocycles. The van der Waals surface area contributed by atoms with Crippen molar-refractivity contribution >= 4 is 0 Å². The predicted molar refractivity (Wildman–Crippen MR) is 54.1 cm³/mol. The molecule has 2 heteroatoms. The summed E-state index contributed by atoms with van der Waals surface area (Å²) in [4.78, 5) is 0. The molecule has 0 saturated heterocycles. The Bertz CT molecular complexity index is 379. The van der Waals surface area contributed by atoms with Gasteiger partial charge in [-0.25, -0.2) is 4.39 Å². The van der Waals surface area contributed by atoms with Gasteiger partial charge in [-0.1, -0.05) is 11.8 Å². The van der Waals surface area contributed by atoms with E-state index >= 15 is 0 Å². The van der Waals surface area contributed by atoms with Crippen molar-refractivity contribution < 1.29 is 9.50 Å². The topological polar surface area (TPSA) is 20.2 Å². The highest BCUT2D eigenvalue weighted by Gasteiger charge is 1.88. The minimum Gasteiger partial charge on any atom is -0.392 e. The summed E-state index contributed by atoms with van der Waals surface area (Å²) in [7, 11) is 0. The van der Waals surface area contributed by atoms with Crippen LogP contribution in [0.25, 0.3) is 0 Å². The monoisotopic (exact) mass is 190 g/mol. The lowest BCUT2D eigenvalue weighted by Crippen LogP contribution is -1.78. The van der Waals surface area contributed by atoms with Crippen molar-refractivity contribution in [2.45, 2.75) is 6.92 Å². The molecule has 0 bridgehead atoms. The molecule has 0 atom stereocenters. The normalized spacial score (nSPS) is 10.6. The van der Waals surface area contributed by atoms with Crippen molar-refractivity contribution in [1.29, 1.82) is 0 Å². The Balaban J connectivity index is 2.78. The number of aliphatic hydroxyl groups excluding tert-OH is 1. The summed E-state index contributed by atoms with van der Waals surface area (Å²) < 4.78 is 12.5. The summed E-state index contributed by atoms with van der Waals surface area (Å²) in [6.45, 7) is 1.80. The fourth-order valence-corrected chi connectivity index (χ4v) is 0.892. The first-order valence-corrected chi connectivity index (χ1v) is 4.27. The van der Waals surface area contributed by atoms with Gasteiger partial charge >= 0.3 is 0 Å². The SMILES string of the molecule is C/C(C#Cc1ccc(F)cc1)=C\CO. The van der Waals surface area contributed by atoms with Gasteiger partial charge in [0.05, 0.1) is 6.61 Å². The third kappa shape index (κ3) is 3.42. The maximum Gasteiger partial charge on any atom is 0.123 e. The smallest absolute Gasteiger partial charge is 0.123 e. The Morgan fingerprint density at radius 3 is 2.64 bits per heavy atom. The molecule has 0 fully saturated rings. The zero-order chi connectivity index (χ0) is 10.4. The predicted octanol–water partition coefficient (Wildman–Crippen LogP) is 2.12. The van der Waals surface area contributed by atoms with Gasteiger partial charge in [0, 0.05) is 5.56 Å². The van der Waals surface area contributed by atoms with Gasteiger partial charge in [-0.05, 0) is 42.8 Å².